The van der Waals surface area contributed by atoms with Crippen LogP contribution in [0.25, 0.3) is 0 Å². The van der Waals surface area contributed by atoms with Crippen LogP contribution in [0.5, 0.6) is 0 Å². The zero-order valence-corrected chi connectivity index (χ0v) is 11.4. The molecule has 0 radical (unpaired) electrons. The van der Waals surface area contributed by atoms with E-state index in [2.05, 4.69) is 10.5 Å². The van der Waals surface area contributed by atoms with Gasteiger partial charge in [0, 0.05) is 18.2 Å². The molecule has 5 nitrogen and oxygen atoms in total. The fraction of sp³-hybridized carbons (Fsp3) is 0.667. The highest BCUT2D eigenvalue weighted by molar-refractivity contribution is 5.92. The molecular weight excluding hydrogens is 254 g/mol. The first kappa shape index (κ1) is 15.0. The molecule has 102 valence electrons. The summed E-state index contributed by atoms with van der Waals surface area (Å²) in [6.45, 7) is 2.27. The third kappa shape index (κ3) is 3.71. The lowest BCUT2D eigenvalue weighted by Crippen LogP contribution is -2.51. The second-order valence-electron chi connectivity index (χ2n) is 4.93. The van der Waals surface area contributed by atoms with Crippen molar-refractivity contribution in [2.75, 3.05) is 6.54 Å². The molecule has 1 aromatic rings. The lowest BCUT2D eigenvalue weighted by Gasteiger charge is -2.33. The molecule has 0 saturated heterocycles. The van der Waals surface area contributed by atoms with Gasteiger partial charge in [-0.2, -0.15) is 0 Å². The third-order valence-electron chi connectivity index (χ3n) is 3.31. The van der Waals surface area contributed by atoms with Crippen LogP contribution in [0, 0.1) is 6.92 Å². The highest BCUT2D eigenvalue weighted by Gasteiger charge is 2.28. The van der Waals surface area contributed by atoms with Gasteiger partial charge in [0.05, 0.1) is 0 Å². The maximum absolute atomic E-state index is 11.8. The monoisotopic (exact) mass is 273 g/mol. The molecule has 1 amide bonds. The van der Waals surface area contributed by atoms with Crippen molar-refractivity contribution in [1.82, 2.24) is 10.5 Å². The van der Waals surface area contributed by atoms with E-state index >= 15 is 0 Å². The van der Waals surface area contributed by atoms with Gasteiger partial charge in [-0.1, -0.05) is 24.4 Å². The molecule has 0 aliphatic heterocycles. The first-order valence-corrected chi connectivity index (χ1v) is 6.09. The Labute approximate surface area is 113 Å². The Bertz CT molecular complexity index is 400. The quantitative estimate of drug-likeness (QED) is 0.880. The van der Waals surface area contributed by atoms with Gasteiger partial charge >= 0.3 is 0 Å². The number of hydrogen-bond acceptors (Lipinski definition) is 4. The Kier molecular flexibility index (Phi) is 5.16. The summed E-state index contributed by atoms with van der Waals surface area (Å²) in [5, 5.41) is 6.51. The van der Waals surface area contributed by atoms with E-state index in [0.717, 1.165) is 25.7 Å². The van der Waals surface area contributed by atoms with E-state index in [1.165, 1.54) is 6.42 Å². The molecule has 0 aromatic carbocycles. The highest BCUT2D eigenvalue weighted by atomic mass is 35.5. The van der Waals surface area contributed by atoms with Crippen molar-refractivity contribution < 1.29 is 9.32 Å². The van der Waals surface area contributed by atoms with Gasteiger partial charge in [-0.25, -0.2) is 0 Å². The van der Waals surface area contributed by atoms with Crippen LogP contribution in [0.15, 0.2) is 10.6 Å². The van der Waals surface area contributed by atoms with Crippen LogP contribution < -0.4 is 11.1 Å². The minimum absolute atomic E-state index is 0. The van der Waals surface area contributed by atoms with E-state index in [4.69, 9.17) is 10.3 Å². The normalized spacial score (nSPS) is 17.9. The van der Waals surface area contributed by atoms with Gasteiger partial charge in [-0.15, -0.1) is 12.4 Å². The number of hydrogen-bond donors (Lipinski definition) is 2. The number of carbonyl (C=O) groups is 1. The molecule has 1 aliphatic rings. The second kappa shape index (κ2) is 6.20. The van der Waals surface area contributed by atoms with Crippen molar-refractivity contribution in [3.8, 4) is 0 Å². The molecular formula is C12H20ClN3O2. The number of aryl methyl sites for hydroxylation is 1. The number of nitrogens with zero attached hydrogens (tertiary/aromatic N) is 1. The summed E-state index contributed by atoms with van der Waals surface area (Å²) >= 11 is 0. The average molecular weight is 274 g/mol. The number of carbonyl (C=O) groups excluding carboxylic acids is 1. The number of rotatable bonds is 3. The molecule has 0 unspecified atom stereocenters. The number of halogens is 1. The van der Waals surface area contributed by atoms with Crippen LogP contribution in [0.3, 0.4) is 0 Å². The molecule has 6 heteroatoms. The fourth-order valence-electron chi connectivity index (χ4n) is 2.25. The lowest BCUT2D eigenvalue weighted by atomic mass is 9.82. The van der Waals surface area contributed by atoms with Gasteiger partial charge in [0.15, 0.2) is 5.69 Å². The average Bonchev–Trinajstić information content (AvgIpc) is 2.74. The SMILES string of the molecule is Cc1cc(C(=O)NCC2(N)CCCCC2)no1.Cl. The van der Waals surface area contributed by atoms with E-state index in [1.807, 2.05) is 0 Å². The van der Waals surface area contributed by atoms with Gasteiger partial charge in [0.2, 0.25) is 0 Å². The van der Waals surface area contributed by atoms with Gasteiger partial charge < -0.3 is 15.6 Å². The minimum atomic E-state index is -0.243. The van der Waals surface area contributed by atoms with Crippen molar-refractivity contribution in [2.24, 2.45) is 5.73 Å². The van der Waals surface area contributed by atoms with Crippen LogP contribution in [0.2, 0.25) is 0 Å². The predicted molar refractivity (Wildman–Crippen MR) is 70.8 cm³/mol. The molecule has 1 fully saturated rings. The Hall–Kier alpha value is -1.07. The summed E-state index contributed by atoms with van der Waals surface area (Å²) in [6, 6.07) is 1.62. The summed E-state index contributed by atoms with van der Waals surface area (Å²) < 4.78 is 4.86. The molecule has 1 saturated carbocycles. The number of aromatic nitrogens is 1. The summed E-state index contributed by atoms with van der Waals surface area (Å²) in [4.78, 5) is 11.8. The van der Waals surface area contributed by atoms with Crippen molar-refractivity contribution in [3.05, 3.63) is 17.5 Å². The van der Waals surface area contributed by atoms with E-state index in [1.54, 1.807) is 13.0 Å². The first-order valence-electron chi connectivity index (χ1n) is 6.09. The van der Waals surface area contributed by atoms with E-state index in [9.17, 15) is 4.79 Å². The van der Waals surface area contributed by atoms with Crippen LogP contribution >= 0.6 is 12.4 Å². The molecule has 1 aliphatic carbocycles. The molecule has 0 atom stereocenters. The van der Waals surface area contributed by atoms with Crippen LogP contribution in [-0.2, 0) is 0 Å². The Morgan fingerprint density at radius 3 is 2.72 bits per heavy atom. The standard InChI is InChI=1S/C12H19N3O2.ClH/c1-9-7-10(15-17-9)11(16)14-8-12(13)5-3-2-4-6-12;/h7H,2-6,8,13H2,1H3,(H,14,16);1H. The lowest BCUT2D eigenvalue weighted by molar-refractivity contribution is 0.0928. The summed E-state index contributed by atoms with van der Waals surface area (Å²) in [7, 11) is 0. The molecule has 0 spiro atoms. The Balaban J connectivity index is 0.00000162. The molecule has 3 N–H and O–H groups in total. The van der Waals surface area contributed by atoms with Crippen molar-refractivity contribution in [1.29, 1.82) is 0 Å². The Morgan fingerprint density at radius 1 is 1.50 bits per heavy atom. The van der Waals surface area contributed by atoms with Gasteiger partial charge in [0.25, 0.3) is 5.91 Å². The smallest absolute Gasteiger partial charge is 0.273 e. The highest BCUT2D eigenvalue weighted by Crippen LogP contribution is 2.25. The number of nitrogens with one attached hydrogen (secondary N) is 1. The van der Waals surface area contributed by atoms with Gasteiger partial charge in [-0.3, -0.25) is 4.79 Å². The molecule has 2 rings (SSSR count). The summed E-state index contributed by atoms with van der Waals surface area (Å²) in [5.74, 6) is 0.424. The Morgan fingerprint density at radius 2 is 2.17 bits per heavy atom. The molecule has 18 heavy (non-hydrogen) atoms. The number of nitrogens with two attached hydrogens (primary N) is 1. The van der Waals surface area contributed by atoms with Crippen LogP contribution in [0.4, 0.5) is 0 Å². The maximum atomic E-state index is 11.8. The van der Waals surface area contributed by atoms with E-state index in [-0.39, 0.29) is 23.9 Å². The van der Waals surface area contributed by atoms with Crippen molar-refractivity contribution >= 4 is 18.3 Å². The summed E-state index contributed by atoms with van der Waals surface area (Å²) in [5.41, 5.74) is 6.31. The van der Waals surface area contributed by atoms with Gasteiger partial charge in [0.1, 0.15) is 5.76 Å². The second-order valence-corrected chi connectivity index (χ2v) is 4.93. The third-order valence-corrected chi connectivity index (χ3v) is 3.31. The first-order chi connectivity index (χ1) is 8.09. The zero-order valence-electron chi connectivity index (χ0n) is 10.6. The summed E-state index contributed by atoms with van der Waals surface area (Å²) in [6.07, 6.45) is 5.50. The minimum Gasteiger partial charge on any atom is -0.361 e. The molecule has 1 aromatic heterocycles. The van der Waals surface area contributed by atoms with Crippen molar-refractivity contribution in [3.63, 3.8) is 0 Å². The molecule has 1 heterocycles. The molecule has 0 bridgehead atoms. The topological polar surface area (TPSA) is 81.2 Å². The van der Waals surface area contributed by atoms with E-state index < -0.39 is 0 Å². The largest absolute Gasteiger partial charge is 0.361 e. The van der Waals surface area contributed by atoms with Gasteiger partial charge in [-0.05, 0) is 19.8 Å². The van der Waals surface area contributed by atoms with Crippen LogP contribution in [0.1, 0.15) is 48.4 Å². The van der Waals surface area contributed by atoms with E-state index in [0.29, 0.717) is 18.0 Å². The van der Waals surface area contributed by atoms with Crippen LogP contribution in [-0.4, -0.2) is 23.1 Å². The predicted octanol–water partition coefficient (Wildman–Crippen LogP) is 1.80. The number of amides is 1. The van der Waals surface area contributed by atoms with Crippen molar-refractivity contribution in [2.45, 2.75) is 44.6 Å². The fourth-order valence-corrected chi connectivity index (χ4v) is 2.25. The maximum Gasteiger partial charge on any atom is 0.273 e. The zero-order chi connectivity index (χ0) is 12.3.